The van der Waals surface area contributed by atoms with Gasteiger partial charge in [-0.3, -0.25) is 11.3 Å². The molecule has 3 N–H and O–H groups in total. The Bertz CT molecular complexity index is 364. The van der Waals surface area contributed by atoms with Crippen molar-refractivity contribution in [3.05, 3.63) is 33.1 Å². The van der Waals surface area contributed by atoms with Crippen LogP contribution in [0.4, 0.5) is 4.39 Å². The van der Waals surface area contributed by atoms with Crippen LogP contribution in [0, 0.1) is 15.3 Å². The van der Waals surface area contributed by atoms with E-state index in [-0.39, 0.29) is 11.9 Å². The SMILES string of the molecule is NNC(c1ccc(F)cc1I)C1CCCC1. The zero-order valence-electron chi connectivity index (χ0n) is 9.05. The van der Waals surface area contributed by atoms with Gasteiger partial charge in [-0.05, 0) is 59.0 Å². The number of nitrogens with two attached hydrogens (primary N) is 1. The molecule has 0 aliphatic heterocycles. The normalized spacial score (nSPS) is 18.9. The van der Waals surface area contributed by atoms with Crippen molar-refractivity contribution in [3.63, 3.8) is 0 Å². The Balaban J connectivity index is 2.25. The Morgan fingerprint density at radius 2 is 2.06 bits per heavy atom. The lowest BCUT2D eigenvalue weighted by Crippen LogP contribution is -2.33. The van der Waals surface area contributed by atoms with Gasteiger partial charge in [-0.25, -0.2) is 4.39 Å². The summed E-state index contributed by atoms with van der Waals surface area (Å²) in [6, 6.07) is 5.08. The maximum Gasteiger partial charge on any atom is 0.124 e. The predicted molar refractivity (Wildman–Crippen MR) is 71.1 cm³/mol. The third-order valence-corrected chi connectivity index (χ3v) is 4.28. The van der Waals surface area contributed by atoms with Crippen molar-refractivity contribution in [1.29, 1.82) is 0 Å². The van der Waals surface area contributed by atoms with E-state index in [0.29, 0.717) is 5.92 Å². The van der Waals surface area contributed by atoms with E-state index in [1.165, 1.54) is 31.7 Å². The minimum absolute atomic E-state index is 0.162. The first-order chi connectivity index (χ1) is 7.72. The molecule has 2 nitrogen and oxygen atoms in total. The van der Waals surface area contributed by atoms with E-state index >= 15 is 0 Å². The van der Waals surface area contributed by atoms with Crippen LogP contribution in [0.5, 0.6) is 0 Å². The second-order valence-electron chi connectivity index (χ2n) is 4.35. The first-order valence-corrected chi connectivity index (χ1v) is 6.71. The highest BCUT2D eigenvalue weighted by Gasteiger charge is 2.26. The average Bonchev–Trinajstić information content (AvgIpc) is 2.75. The molecule has 1 saturated carbocycles. The van der Waals surface area contributed by atoms with Gasteiger partial charge in [-0.2, -0.15) is 0 Å². The molecule has 0 amide bonds. The number of rotatable bonds is 3. The Morgan fingerprint density at radius 1 is 1.38 bits per heavy atom. The minimum Gasteiger partial charge on any atom is -0.271 e. The van der Waals surface area contributed by atoms with Crippen molar-refractivity contribution >= 4 is 22.6 Å². The Labute approximate surface area is 109 Å². The van der Waals surface area contributed by atoms with Crippen molar-refractivity contribution in [2.45, 2.75) is 31.7 Å². The maximum atomic E-state index is 13.0. The number of nitrogens with one attached hydrogen (secondary N) is 1. The topological polar surface area (TPSA) is 38.0 Å². The maximum absolute atomic E-state index is 13.0. The molecule has 1 aliphatic rings. The van der Waals surface area contributed by atoms with Gasteiger partial charge in [0.25, 0.3) is 0 Å². The Hall–Kier alpha value is -0.200. The highest BCUT2D eigenvalue weighted by atomic mass is 127. The molecule has 4 heteroatoms. The molecule has 0 spiro atoms. The fraction of sp³-hybridized carbons (Fsp3) is 0.500. The molecular formula is C12H16FIN2. The van der Waals surface area contributed by atoms with Crippen LogP contribution < -0.4 is 11.3 Å². The van der Waals surface area contributed by atoms with E-state index < -0.39 is 0 Å². The van der Waals surface area contributed by atoms with Crippen molar-refractivity contribution in [3.8, 4) is 0 Å². The molecule has 1 atom stereocenters. The summed E-state index contributed by atoms with van der Waals surface area (Å²) in [5.41, 5.74) is 4.01. The van der Waals surface area contributed by atoms with Crippen LogP contribution in [0.25, 0.3) is 0 Å². The first-order valence-electron chi connectivity index (χ1n) is 5.63. The number of hydrogen-bond donors (Lipinski definition) is 2. The third kappa shape index (κ3) is 2.55. The molecule has 1 aromatic carbocycles. The highest BCUT2D eigenvalue weighted by molar-refractivity contribution is 14.1. The molecule has 0 heterocycles. The Kier molecular flexibility index (Phi) is 4.16. The second kappa shape index (κ2) is 5.42. The average molecular weight is 334 g/mol. The summed E-state index contributed by atoms with van der Waals surface area (Å²) in [7, 11) is 0. The molecule has 0 aromatic heterocycles. The number of benzene rings is 1. The van der Waals surface area contributed by atoms with Gasteiger partial charge in [-0.1, -0.05) is 18.9 Å². The van der Waals surface area contributed by atoms with Gasteiger partial charge in [-0.15, -0.1) is 0 Å². The first kappa shape index (κ1) is 12.3. The van der Waals surface area contributed by atoms with E-state index in [4.69, 9.17) is 5.84 Å². The molecule has 16 heavy (non-hydrogen) atoms. The summed E-state index contributed by atoms with van der Waals surface area (Å²) >= 11 is 2.18. The standard InChI is InChI=1S/C12H16FIN2/c13-9-5-6-10(11(14)7-9)12(16-15)8-3-1-2-4-8/h5-8,12,16H,1-4,15H2. The smallest absolute Gasteiger partial charge is 0.124 e. The van der Waals surface area contributed by atoms with Gasteiger partial charge in [0.05, 0.1) is 0 Å². The largest absolute Gasteiger partial charge is 0.271 e. The van der Waals surface area contributed by atoms with Crippen molar-refractivity contribution in [2.24, 2.45) is 11.8 Å². The van der Waals surface area contributed by atoms with E-state index in [2.05, 4.69) is 28.0 Å². The van der Waals surface area contributed by atoms with Gasteiger partial charge < -0.3 is 0 Å². The summed E-state index contributed by atoms with van der Waals surface area (Å²) in [5, 5.41) is 0. The van der Waals surface area contributed by atoms with Crippen LogP contribution in [0.2, 0.25) is 0 Å². The molecule has 0 radical (unpaired) electrons. The molecule has 88 valence electrons. The van der Waals surface area contributed by atoms with E-state index in [1.54, 1.807) is 6.07 Å². The minimum atomic E-state index is -0.185. The zero-order chi connectivity index (χ0) is 11.5. The van der Waals surface area contributed by atoms with E-state index in [1.807, 2.05) is 6.07 Å². The molecule has 2 rings (SSSR count). The lowest BCUT2D eigenvalue weighted by Gasteiger charge is -2.24. The summed E-state index contributed by atoms with van der Waals surface area (Å²) in [4.78, 5) is 0. The van der Waals surface area contributed by atoms with Gasteiger partial charge in [0.1, 0.15) is 5.82 Å². The van der Waals surface area contributed by atoms with Crippen LogP contribution in [0.15, 0.2) is 18.2 Å². The second-order valence-corrected chi connectivity index (χ2v) is 5.52. The van der Waals surface area contributed by atoms with Gasteiger partial charge in [0, 0.05) is 9.61 Å². The molecule has 1 unspecified atom stereocenters. The fourth-order valence-electron chi connectivity index (χ4n) is 2.52. The summed E-state index contributed by atoms with van der Waals surface area (Å²) < 4.78 is 14.0. The molecule has 0 bridgehead atoms. The van der Waals surface area contributed by atoms with Crippen LogP contribution in [0.3, 0.4) is 0 Å². The summed E-state index contributed by atoms with van der Waals surface area (Å²) in [6.07, 6.45) is 4.98. The van der Waals surface area contributed by atoms with Crippen LogP contribution in [0.1, 0.15) is 37.3 Å². The molecule has 1 aromatic rings. The lowest BCUT2D eigenvalue weighted by molar-refractivity contribution is 0.372. The van der Waals surface area contributed by atoms with Gasteiger partial charge in [0.2, 0.25) is 0 Å². The third-order valence-electron chi connectivity index (χ3n) is 3.35. The van der Waals surface area contributed by atoms with Crippen molar-refractivity contribution < 1.29 is 4.39 Å². The highest BCUT2D eigenvalue weighted by Crippen LogP contribution is 2.36. The monoisotopic (exact) mass is 334 g/mol. The molecule has 1 fully saturated rings. The number of hydrogen-bond acceptors (Lipinski definition) is 2. The Morgan fingerprint density at radius 3 is 2.62 bits per heavy atom. The lowest BCUT2D eigenvalue weighted by atomic mass is 9.92. The van der Waals surface area contributed by atoms with Crippen LogP contribution in [-0.4, -0.2) is 0 Å². The van der Waals surface area contributed by atoms with Crippen molar-refractivity contribution in [2.75, 3.05) is 0 Å². The van der Waals surface area contributed by atoms with E-state index in [0.717, 1.165) is 9.13 Å². The number of halogens is 2. The summed E-state index contributed by atoms with van der Waals surface area (Å²) in [5.74, 6) is 6.05. The van der Waals surface area contributed by atoms with Crippen molar-refractivity contribution in [1.82, 2.24) is 5.43 Å². The molecule has 1 aliphatic carbocycles. The zero-order valence-corrected chi connectivity index (χ0v) is 11.2. The number of hydrazine groups is 1. The quantitative estimate of drug-likeness (QED) is 0.506. The summed E-state index contributed by atoms with van der Waals surface area (Å²) in [6.45, 7) is 0. The molecule has 0 saturated heterocycles. The molecular weight excluding hydrogens is 318 g/mol. The fourth-order valence-corrected chi connectivity index (χ4v) is 3.34. The van der Waals surface area contributed by atoms with Crippen LogP contribution in [-0.2, 0) is 0 Å². The predicted octanol–water partition coefficient (Wildman–Crippen LogP) is 3.12. The van der Waals surface area contributed by atoms with E-state index in [9.17, 15) is 4.39 Å². The van der Waals surface area contributed by atoms with Gasteiger partial charge in [0.15, 0.2) is 0 Å². The van der Waals surface area contributed by atoms with Gasteiger partial charge >= 0.3 is 0 Å². The van der Waals surface area contributed by atoms with Crippen LogP contribution >= 0.6 is 22.6 Å².